The molecule has 0 unspecified atom stereocenters. The van der Waals surface area contributed by atoms with E-state index in [0.717, 1.165) is 30.4 Å². The summed E-state index contributed by atoms with van der Waals surface area (Å²) in [5.74, 6) is 1.05. The molecule has 6 nitrogen and oxygen atoms in total. The number of halogens is 2. The zero-order valence-electron chi connectivity index (χ0n) is 9.42. The Morgan fingerprint density at radius 2 is 1.83 bits per heavy atom. The Hall–Kier alpha value is -1.21. The lowest BCUT2D eigenvalue weighted by molar-refractivity contribution is 0.778. The van der Waals surface area contributed by atoms with E-state index >= 15 is 0 Å². The first-order chi connectivity index (χ1) is 8.72. The monoisotopic (exact) mass is 328 g/mol. The topological polar surface area (TPSA) is 59.7 Å². The molecule has 1 aliphatic rings. The Morgan fingerprint density at radius 1 is 1.11 bits per heavy atom. The second kappa shape index (κ2) is 4.81. The summed E-state index contributed by atoms with van der Waals surface area (Å²) in [5.41, 5.74) is 0. The van der Waals surface area contributed by atoms with Gasteiger partial charge >= 0.3 is 0 Å². The van der Waals surface area contributed by atoms with Crippen molar-refractivity contribution in [2.24, 2.45) is 0 Å². The number of hydrogen-bond donors (Lipinski definition) is 0. The van der Waals surface area contributed by atoms with Crippen LogP contribution in [-0.2, 0) is 0 Å². The van der Waals surface area contributed by atoms with Gasteiger partial charge < -0.3 is 4.90 Å². The highest BCUT2D eigenvalue weighted by molar-refractivity contribution is 9.10. The molecule has 1 fully saturated rings. The number of hydrogen-bond acceptors (Lipinski definition) is 5. The third-order valence-electron chi connectivity index (χ3n) is 2.73. The fourth-order valence-electron chi connectivity index (χ4n) is 1.90. The predicted octanol–water partition coefficient (Wildman–Crippen LogP) is 2.07. The summed E-state index contributed by atoms with van der Waals surface area (Å²) in [6.07, 6.45) is 5.77. The van der Waals surface area contributed by atoms with Crippen molar-refractivity contribution in [3.05, 3.63) is 22.1 Å². The molecule has 0 bridgehead atoms. The molecule has 8 heteroatoms. The summed E-state index contributed by atoms with van der Waals surface area (Å²) in [6, 6.07) is 0. The van der Waals surface area contributed by atoms with Crippen molar-refractivity contribution in [3.63, 3.8) is 0 Å². The highest BCUT2D eigenvalue weighted by Gasteiger charge is 2.17. The summed E-state index contributed by atoms with van der Waals surface area (Å²) < 4.78 is 2.43. The maximum absolute atomic E-state index is 5.94. The van der Waals surface area contributed by atoms with Gasteiger partial charge in [-0.1, -0.05) is 0 Å². The predicted molar refractivity (Wildman–Crippen MR) is 71.1 cm³/mol. The first-order valence-corrected chi connectivity index (χ1v) is 6.76. The second-order valence-electron chi connectivity index (χ2n) is 4.00. The Balaban J connectivity index is 1.99. The van der Waals surface area contributed by atoms with E-state index in [1.165, 1.54) is 0 Å². The smallest absolute Gasteiger partial charge is 0.256 e. The van der Waals surface area contributed by atoms with E-state index in [4.69, 9.17) is 11.6 Å². The minimum atomic E-state index is 0.188. The maximum atomic E-state index is 5.94. The molecule has 3 heterocycles. The number of nitrogens with zero attached hydrogens (tertiary/aromatic N) is 6. The lowest BCUT2D eigenvalue weighted by Crippen LogP contribution is -2.21. The average Bonchev–Trinajstić information content (AvgIpc) is 2.98. The summed E-state index contributed by atoms with van der Waals surface area (Å²) in [6.45, 7) is 1.92. The van der Waals surface area contributed by atoms with E-state index in [0.29, 0.717) is 11.9 Å². The van der Waals surface area contributed by atoms with Crippen LogP contribution >= 0.6 is 27.5 Å². The fourth-order valence-corrected chi connectivity index (χ4v) is 2.34. The summed E-state index contributed by atoms with van der Waals surface area (Å²) in [5, 5.41) is 4.32. The summed E-state index contributed by atoms with van der Waals surface area (Å²) in [7, 11) is 0. The van der Waals surface area contributed by atoms with Crippen LogP contribution in [0.5, 0.6) is 0 Å². The Labute approximate surface area is 117 Å². The minimum Gasteiger partial charge on any atom is -0.341 e. The van der Waals surface area contributed by atoms with E-state index in [2.05, 4.69) is 40.9 Å². The summed E-state index contributed by atoms with van der Waals surface area (Å²) >= 11 is 9.28. The largest absolute Gasteiger partial charge is 0.341 e. The number of rotatable bonds is 2. The molecule has 3 rings (SSSR count). The standard InChI is InChI=1S/C10H10BrClN6/c11-7-5-13-18(6-7)10-15-8(12)14-9(16-10)17-3-1-2-4-17/h5-6H,1-4H2. The van der Waals surface area contributed by atoms with Crippen molar-refractivity contribution in [1.82, 2.24) is 24.7 Å². The molecule has 0 spiro atoms. The molecule has 0 N–H and O–H groups in total. The molecule has 2 aromatic rings. The van der Waals surface area contributed by atoms with E-state index < -0.39 is 0 Å². The molecule has 1 saturated heterocycles. The highest BCUT2D eigenvalue weighted by Crippen LogP contribution is 2.18. The Kier molecular flexibility index (Phi) is 3.17. The van der Waals surface area contributed by atoms with Gasteiger partial charge in [-0.2, -0.15) is 20.1 Å². The highest BCUT2D eigenvalue weighted by atomic mass is 79.9. The van der Waals surface area contributed by atoms with Gasteiger partial charge in [0.2, 0.25) is 11.2 Å². The molecule has 0 radical (unpaired) electrons. The molecular weight excluding hydrogens is 320 g/mol. The first-order valence-electron chi connectivity index (χ1n) is 5.59. The van der Waals surface area contributed by atoms with Crippen LogP contribution in [0.3, 0.4) is 0 Å². The SMILES string of the molecule is Clc1nc(N2CCCC2)nc(-n2cc(Br)cn2)n1. The molecule has 0 atom stereocenters. The zero-order valence-corrected chi connectivity index (χ0v) is 11.8. The van der Waals surface area contributed by atoms with Crippen LogP contribution < -0.4 is 4.90 Å². The molecule has 18 heavy (non-hydrogen) atoms. The second-order valence-corrected chi connectivity index (χ2v) is 5.26. The minimum absolute atomic E-state index is 0.188. The van der Waals surface area contributed by atoms with Crippen LogP contribution in [0.25, 0.3) is 5.95 Å². The van der Waals surface area contributed by atoms with Gasteiger partial charge in [0.1, 0.15) is 0 Å². The van der Waals surface area contributed by atoms with Gasteiger partial charge in [0.15, 0.2) is 0 Å². The molecule has 0 aromatic carbocycles. The molecule has 94 valence electrons. The maximum Gasteiger partial charge on any atom is 0.256 e. The van der Waals surface area contributed by atoms with Gasteiger partial charge in [0.05, 0.1) is 10.7 Å². The summed E-state index contributed by atoms with van der Waals surface area (Å²) in [4.78, 5) is 14.8. The van der Waals surface area contributed by atoms with Crippen LogP contribution in [0.1, 0.15) is 12.8 Å². The van der Waals surface area contributed by atoms with Crippen LogP contribution in [0.15, 0.2) is 16.9 Å². The van der Waals surface area contributed by atoms with Gasteiger partial charge in [-0.05, 0) is 40.4 Å². The lowest BCUT2D eigenvalue weighted by atomic mass is 10.4. The van der Waals surface area contributed by atoms with E-state index in [-0.39, 0.29) is 5.28 Å². The van der Waals surface area contributed by atoms with Crippen molar-refractivity contribution in [3.8, 4) is 5.95 Å². The fraction of sp³-hybridized carbons (Fsp3) is 0.400. The van der Waals surface area contributed by atoms with Gasteiger partial charge in [-0.15, -0.1) is 0 Å². The number of anilines is 1. The van der Waals surface area contributed by atoms with Crippen LogP contribution in [0, 0.1) is 0 Å². The molecule has 0 amide bonds. The van der Waals surface area contributed by atoms with Crippen molar-refractivity contribution in [1.29, 1.82) is 0 Å². The van der Waals surface area contributed by atoms with Crippen molar-refractivity contribution in [2.75, 3.05) is 18.0 Å². The van der Waals surface area contributed by atoms with Gasteiger partial charge in [0.25, 0.3) is 5.95 Å². The molecule has 2 aromatic heterocycles. The Bertz CT molecular complexity index is 565. The quantitative estimate of drug-likeness (QED) is 0.844. The van der Waals surface area contributed by atoms with E-state index in [1.54, 1.807) is 17.1 Å². The van der Waals surface area contributed by atoms with Gasteiger partial charge in [-0.3, -0.25) is 0 Å². The van der Waals surface area contributed by atoms with Gasteiger partial charge in [0, 0.05) is 19.3 Å². The normalized spacial score (nSPS) is 15.3. The van der Waals surface area contributed by atoms with Gasteiger partial charge in [-0.25, -0.2) is 4.68 Å². The third kappa shape index (κ3) is 2.32. The van der Waals surface area contributed by atoms with Crippen LogP contribution in [-0.4, -0.2) is 37.8 Å². The van der Waals surface area contributed by atoms with E-state index in [1.807, 2.05) is 0 Å². The van der Waals surface area contributed by atoms with Crippen molar-refractivity contribution >= 4 is 33.5 Å². The zero-order chi connectivity index (χ0) is 12.5. The molecular formula is C10H10BrClN6. The Morgan fingerprint density at radius 3 is 2.50 bits per heavy atom. The molecule has 0 aliphatic carbocycles. The third-order valence-corrected chi connectivity index (χ3v) is 3.31. The van der Waals surface area contributed by atoms with E-state index in [9.17, 15) is 0 Å². The van der Waals surface area contributed by atoms with Crippen molar-refractivity contribution in [2.45, 2.75) is 12.8 Å². The lowest BCUT2D eigenvalue weighted by Gasteiger charge is -2.15. The average molecular weight is 330 g/mol. The van der Waals surface area contributed by atoms with Crippen molar-refractivity contribution < 1.29 is 0 Å². The molecule has 1 aliphatic heterocycles. The molecule has 0 saturated carbocycles. The first kappa shape index (κ1) is 11.9. The van der Waals surface area contributed by atoms with Crippen LogP contribution in [0.2, 0.25) is 5.28 Å². The van der Waals surface area contributed by atoms with Crippen LogP contribution in [0.4, 0.5) is 5.95 Å². The number of aromatic nitrogens is 5.